The molecular formula is C30H30F6N4OS. The normalized spacial score (nSPS) is 22.9. The van der Waals surface area contributed by atoms with E-state index < -0.39 is 23.5 Å². The zero-order valence-corrected chi connectivity index (χ0v) is 23.5. The first-order chi connectivity index (χ1) is 19.9. The smallest absolute Gasteiger partial charge is 0.416 e. The molecule has 6 rings (SSSR count). The Morgan fingerprint density at radius 1 is 1.12 bits per heavy atom. The molecule has 1 unspecified atom stereocenters. The van der Waals surface area contributed by atoms with Crippen LogP contribution in [-0.4, -0.2) is 41.2 Å². The third kappa shape index (κ3) is 6.34. The number of benzene rings is 2. The van der Waals surface area contributed by atoms with Gasteiger partial charge >= 0.3 is 12.4 Å². The number of alkyl halides is 6. The summed E-state index contributed by atoms with van der Waals surface area (Å²) in [4.78, 5) is 6.88. The van der Waals surface area contributed by atoms with Crippen molar-refractivity contribution in [3.8, 4) is 5.75 Å². The SMILES string of the molecule is C=C[C@H]1CN2CC[C@H]1C[C@@H]2[C@H](NC(=S)NCc1cc(C(F)(F)F)cc(C(F)(F)F)c1)c1ccnc2ccc(OC)cc12. The maximum Gasteiger partial charge on any atom is 0.416 e. The molecule has 5 atom stereocenters. The number of ether oxygens (including phenoxy) is 1. The zero-order valence-electron chi connectivity index (χ0n) is 22.7. The highest BCUT2D eigenvalue weighted by molar-refractivity contribution is 7.80. The summed E-state index contributed by atoms with van der Waals surface area (Å²) in [5, 5.41) is 7.16. The van der Waals surface area contributed by atoms with Gasteiger partial charge in [0.15, 0.2) is 5.11 Å². The van der Waals surface area contributed by atoms with Gasteiger partial charge in [-0.25, -0.2) is 0 Å². The molecular weight excluding hydrogens is 578 g/mol. The Morgan fingerprint density at radius 2 is 1.83 bits per heavy atom. The van der Waals surface area contributed by atoms with E-state index in [1.54, 1.807) is 13.3 Å². The predicted octanol–water partition coefficient (Wildman–Crippen LogP) is 6.88. The number of nitrogens with one attached hydrogen (secondary N) is 2. The van der Waals surface area contributed by atoms with Crippen molar-refractivity contribution in [2.24, 2.45) is 11.8 Å². The summed E-state index contributed by atoms with van der Waals surface area (Å²) in [6, 6.07) is 8.67. The van der Waals surface area contributed by atoms with Crippen molar-refractivity contribution in [2.45, 2.75) is 43.8 Å². The van der Waals surface area contributed by atoms with Gasteiger partial charge in [-0.05, 0) is 97.0 Å². The summed E-state index contributed by atoms with van der Waals surface area (Å²) in [5.41, 5.74) is -1.26. The molecule has 2 N–H and O–H groups in total. The molecule has 0 radical (unpaired) electrons. The van der Waals surface area contributed by atoms with Gasteiger partial charge in [0.05, 0.1) is 29.8 Å². The predicted molar refractivity (Wildman–Crippen MR) is 152 cm³/mol. The van der Waals surface area contributed by atoms with Crippen molar-refractivity contribution < 1.29 is 31.1 Å². The zero-order chi connectivity index (χ0) is 30.2. The second kappa shape index (κ2) is 11.7. The molecule has 0 aliphatic carbocycles. The molecule has 3 saturated heterocycles. The maximum absolute atomic E-state index is 13.4. The Morgan fingerprint density at radius 3 is 2.43 bits per heavy atom. The molecule has 42 heavy (non-hydrogen) atoms. The van der Waals surface area contributed by atoms with Crippen LogP contribution in [0.2, 0.25) is 0 Å². The molecule has 224 valence electrons. The van der Waals surface area contributed by atoms with E-state index >= 15 is 0 Å². The first kappa shape index (κ1) is 30.1. The number of fused-ring (bicyclic) bond motifs is 4. The molecule has 3 fully saturated rings. The average molecular weight is 609 g/mol. The van der Waals surface area contributed by atoms with Gasteiger partial charge in [-0.1, -0.05) is 6.08 Å². The van der Waals surface area contributed by atoms with E-state index in [2.05, 4.69) is 27.1 Å². The van der Waals surface area contributed by atoms with E-state index in [0.29, 0.717) is 29.7 Å². The van der Waals surface area contributed by atoms with Crippen LogP contribution in [0.4, 0.5) is 26.3 Å². The molecule has 2 aromatic carbocycles. The van der Waals surface area contributed by atoms with Crippen LogP contribution in [0.15, 0.2) is 61.3 Å². The number of thiocarbonyl (C=S) groups is 1. The van der Waals surface area contributed by atoms with E-state index in [-0.39, 0.29) is 35.4 Å². The number of nitrogens with zero attached hydrogens (tertiary/aromatic N) is 2. The molecule has 3 aliphatic rings. The molecule has 3 aliphatic heterocycles. The van der Waals surface area contributed by atoms with Gasteiger partial charge in [0.2, 0.25) is 0 Å². The summed E-state index contributed by atoms with van der Waals surface area (Å²) < 4.78 is 85.6. The minimum Gasteiger partial charge on any atom is -0.497 e. The molecule has 4 heterocycles. The largest absolute Gasteiger partial charge is 0.497 e. The Hall–Kier alpha value is -3.38. The minimum absolute atomic E-state index is 0.0295. The molecule has 1 aromatic heterocycles. The Balaban J connectivity index is 1.44. The number of hydrogen-bond acceptors (Lipinski definition) is 4. The fraction of sp³-hybridized carbons (Fsp3) is 0.400. The molecule has 0 saturated carbocycles. The van der Waals surface area contributed by atoms with Gasteiger partial charge < -0.3 is 15.4 Å². The van der Waals surface area contributed by atoms with Crippen molar-refractivity contribution in [1.29, 1.82) is 0 Å². The molecule has 0 amide bonds. The maximum atomic E-state index is 13.4. The highest BCUT2D eigenvalue weighted by Crippen LogP contribution is 2.42. The summed E-state index contributed by atoms with van der Waals surface area (Å²) in [7, 11) is 1.57. The molecule has 0 spiro atoms. The van der Waals surface area contributed by atoms with Crippen molar-refractivity contribution >= 4 is 28.2 Å². The monoisotopic (exact) mass is 608 g/mol. The molecule has 5 nitrogen and oxygen atoms in total. The second-order valence-electron chi connectivity index (χ2n) is 10.7. The topological polar surface area (TPSA) is 49.4 Å². The van der Waals surface area contributed by atoms with E-state index in [9.17, 15) is 26.3 Å². The van der Waals surface area contributed by atoms with Crippen LogP contribution in [0.3, 0.4) is 0 Å². The van der Waals surface area contributed by atoms with Crippen LogP contribution in [0.25, 0.3) is 10.9 Å². The summed E-state index contributed by atoms with van der Waals surface area (Å²) in [6.45, 7) is 5.41. The lowest BCUT2D eigenvalue weighted by atomic mass is 9.73. The number of piperidine rings is 3. The van der Waals surface area contributed by atoms with Gasteiger partial charge in [0.1, 0.15) is 5.75 Å². The summed E-state index contributed by atoms with van der Waals surface area (Å²) in [5.74, 6) is 1.47. The van der Waals surface area contributed by atoms with Crippen molar-refractivity contribution in [1.82, 2.24) is 20.5 Å². The number of methoxy groups -OCH3 is 1. The van der Waals surface area contributed by atoms with Crippen LogP contribution in [0.5, 0.6) is 5.75 Å². The van der Waals surface area contributed by atoms with Crippen LogP contribution in [0, 0.1) is 11.8 Å². The summed E-state index contributed by atoms with van der Waals surface area (Å²) in [6.07, 6.45) is -4.24. The van der Waals surface area contributed by atoms with Crippen molar-refractivity contribution in [2.75, 3.05) is 20.2 Å². The van der Waals surface area contributed by atoms with E-state index in [4.69, 9.17) is 17.0 Å². The number of hydrogen-bond donors (Lipinski definition) is 2. The number of halogens is 6. The second-order valence-corrected chi connectivity index (χ2v) is 11.2. The van der Waals surface area contributed by atoms with Gasteiger partial charge in [-0.2, -0.15) is 26.3 Å². The van der Waals surface area contributed by atoms with Crippen LogP contribution in [-0.2, 0) is 18.9 Å². The van der Waals surface area contributed by atoms with Gasteiger partial charge in [-0.15, -0.1) is 6.58 Å². The lowest BCUT2D eigenvalue weighted by Gasteiger charge is -2.52. The minimum atomic E-state index is -4.93. The molecule has 2 bridgehead atoms. The highest BCUT2D eigenvalue weighted by Gasteiger charge is 2.43. The van der Waals surface area contributed by atoms with Crippen molar-refractivity contribution in [3.05, 3.63) is 83.6 Å². The van der Waals surface area contributed by atoms with Crippen LogP contribution >= 0.6 is 12.2 Å². The fourth-order valence-electron chi connectivity index (χ4n) is 6.15. The van der Waals surface area contributed by atoms with E-state index in [0.717, 1.165) is 42.4 Å². The quantitative estimate of drug-likeness (QED) is 0.173. The van der Waals surface area contributed by atoms with Gasteiger partial charge in [-0.3, -0.25) is 9.88 Å². The van der Waals surface area contributed by atoms with Gasteiger partial charge in [0, 0.05) is 30.7 Å². The van der Waals surface area contributed by atoms with E-state index in [1.165, 1.54) is 0 Å². The molecule has 3 aromatic rings. The Bertz CT molecular complexity index is 1440. The number of aromatic nitrogens is 1. The first-order valence-electron chi connectivity index (χ1n) is 13.5. The fourth-order valence-corrected chi connectivity index (χ4v) is 6.34. The Labute approximate surface area is 244 Å². The third-order valence-corrected chi connectivity index (χ3v) is 8.51. The van der Waals surface area contributed by atoms with Crippen LogP contribution in [0.1, 0.15) is 41.1 Å². The lowest BCUT2D eigenvalue weighted by Crippen LogP contribution is -2.58. The number of pyridine rings is 1. The highest BCUT2D eigenvalue weighted by atomic mass is 32.1. The first-order valence-corrected chi connectivity index (χ1v) is 13.9. The third-order valence-electron chi connectivity index (χ3n) is 8.24. The standard InChI is InChI=1S/C30H30F6N4OS/c1-3-18-16-40-9-7-19(18)12-26(40)27(23-6-8-37-25-5-4-22(41-2)14-24(23)25)39-28(42)38-15-17-10-20(29(31,32)33)13-21(11-17)30(34,35)36/h3-6,8,10-11,13-14,18-19,26-27H,1,7,9,12,15-16H2,2H3,(H2,38,39,42)/t18-,19-,26+,27+/m0/s1. The van der Waals surface area contributed by atoms with Crippen LogP contribution < -0.4 is 15.4 Å². The molecule has 12 heteroatoms. The van der Waals surface area contributed by atoms with E-state index in [1.807, 2.05) is 30.3 Å². The van der Waals surface area contributed by atoms with Crippen molar-refractivity contribution in [3.63, 3.8) is 0 Å². The lowest BCUT2D eigenvalue weighted by molar-refractivity contribution is -0.143. The van der Waals surface area contributed by atoms with Gasteiger partial charge in [0.25, 0.3) is 0 Å². The summed E-state index contributed by atoms with van der Waals surface area (Å²) >= 11 is 5.57. The Kier molecular flexibility index (Phi) is 8.39. The average Bonchev–Trinajstić information content (AvgIpc) is 2.97. The number of rotatable bonds is 7.